The lowest BCUT2D eigenvalue weighted by Gasteiger charge is -2.08. The van der Waals surface area contributed by atoms with Crippen molar-refractivity contribution in [3.8, 4) is 11.8 Å². The van der Waals surface area contributed by atoms with Gasteiger partial charge in [-0.1, -0.05) is 12.8 Å². The molecular formula is C14H18N2O2. The standard InChI is InChI=1S/C14H18N2O2/c1-11-14(5-4-13(10-15)16-11)18-9-8-17-7-6-12-2-3-12/h4-5,12H,2-3,6-9H2,1H3. The fourth-order valence-corrected chi connectivity index (χ4v) is 1.73. The summed E-state index contributed by atoms with van der Waals surface area (Å²) in [7, 11) is 0. The topological polar surface area (TPSA) is 55.1 Å². The summed E-state index contributed by atoms with van der Waals surface area (Å²) in [5.74, 6) is 1.63. The number of rotatable bonds is 7. The first kappa shape index (κ1) is 12.8. The van der Waals surface area contributed by atoms with Crippen molar-refractivity contribution < 1.29 is 9.47 Å². The maximum Gasteiger partial charge on any atom is 0.141 e. The fourth-order valence-electron chi connectivity index (χ4n) is 1.73. The molecule has 1 aliphatic rings. The summed E-state index contributed by atoms with van der Waals surface area (Å²) >= 11 is 0. The van der Waals surface area contributed by atoms with Crippen molar-refractivity contribution in [3.05, 3.63) is 23.5 Å². The first-order valence-electron chi connectivity index (χ1n) is 6.38. The molecule has 1 aromatic heterocycles. The average Bonchev–Trinajstić information content (AvgIpc) is 3.19. The van der Waals surface area contributed by atoms with Gasteiger partial charge in [-0.25, -0.2) is 4.98 Å². The predicted molar refractivity (Wildman–Crippen MR) is 67.3 cm³/mol. The molecule has 0 atom stereocenters. The summed E-state index contributed by atoms with van der Waals surface area (Å²) in [5.41, 5.74) is 1.16. The molecule has 1 fully saturated rings. The average molecular weight is 246 g/mol. The molecule has 4 nitrogen and oxygen atoms in total. The van der Waals surface area contributed by atoms with Crippen molar-refractivity contribution >= 4 is 0 Å². The summed E-state index contributed by atoms with van der Waals surface area (Å²) in [6, 6.07) is 5.45. The van der Waals surface area contributed by atoms with E-state index in [1.54, 1.807) is 12.1 Å². The highest BCUT2D eigenvalue weighted by Crippen LogP contribution is 2.32. The Bertz CT molecular complexity index is 436. The van der Waals surface area contributed by atoms with E-state index in [4.69, 9.17) is 14.7 Å². The van der Waals surface area contributed by atoms with Gasteiger partial charge in [-0.15, -0.1) is 0 Å². The highest BCUT2D eigenvalue weighted by molar-refractivity contribution is 5.32. The summed E-state index contributed by atoms with van der Waals surface area (Å²) < 4.78 is 11.1. The lowest BCUT2D eigenvalue weighted by atomic mass is 10.3. The van der Waals surface area contributed by atoms with Gasteiger partial charge in [0, 0.05) is 6.61 Å². The Labute approximate surface area is 108 Å². The maximum atomic E-state index is 8.70. The third-order valence-corrected chi connectivity index (χ3v) is 3.00. The van der Waals surface area contributed by atoms with E-state index in [0.29, 0.717) is 18.9 Å². The molecule has 0 bridgehead atoms. The normalized spacial score (nSPS) is 14.2. The summed E-state index contributed by atoms with van der Waals surface area (Å²) in [6.45, 7) is 3.80. The SMILES string of the molecule is Cc1nc(C#N)ccc1OCCOCCC1CC1. The number of pyridine rings is 1. The minimum Gasteiger partial charge on any atom is -0.489 e. The van der Waals surface area contributed by atoms with E-state index in [9.17, 15) is 0 Å². The molecule has 0 amide bonds. The van der Waals surface area contributed by atoms with Gasteiger partial charge >= 0.3 is 0 Å². The zero-order valence-corrected chi connectivity index (χ0v) is 10.7. The predicted octanol–water partition coefficient (Wildman–Crippen LogP) is 2.46. The van der Waals surface area contributed by atoms with Crippen LogP contribution in [0.2, 0.25) is 0 Å². The molecule has 4 heteroatoms. The van der Waals surface area contributed by atoms with Crippen LogP contribution in [0, 0.1) is 24.2 Å². The minimum absolute atomic E-state index is 0.417. The summed E-state index contributed by atoms with van der Waals surface area (Å²) in [6.07, 6.45) is 3.92. The molecule has 0 N–H and O–H groups in total. The summed E-state index contributed by atoms with van der Waals surface area (Å²) in [4.78, 5) is 4.11. The lowest BCUT2D eigenvalue weighted by Crippen LogP contribution is -2.09. The molecule has 0 unspecified atom stereocenters. The zero-order chi connectivity index (χ0) is 12.8. The van der Waals surface area contributed by atoms with Crippen LogP contribution in [0.3, 0.4) is 0 Å². The molecule has 2 rings (SSSR count). The number of hydrogen-bond acceptors (Lipinski definition) is 4. The molecule has 0 spiro atoms. The van der Waals surface area contributed by atoms with Gasteiger partial charge in [-0.3, -0.25) is 0 Å². The number of ether oxygens (including phenoxy) is 2. The van der Waals surface area contributed by atoms with Crippen LogP contribution in [0.15, 0.2) is 12.1 Å². The van der Waals surface area contributed by atoms with E-state index in [2.05, 4.69) is 4.98 Å². The smallest absolute Gasteiger partial charge is 0.141 e. The Morgan fingerprint density at radius 1 is 1.33 bits per heavy atom. The van der Waals surface area contributed by atoms with Gasteiger partial charge in [0.2, 0.25) is 0 Å². The van der Waals surface area contributed by atoms with Gasteiger partial charge in [-0.05, 0) is 31.4 Å². The molecule has 0 saturated heterocycles. The highest BCUT2D eigenvalue weighted by Gasteiger charge is 2.20. The highest BCUT2D eigenvalue weighted by atomic mass is 16.5. The molecule has 0 aromatic carbocycles. The van der Waals surface area contributed by atoms with E-state index in [0.717, 1.165) is 24.0 Å². The van der Waals surface area contributed by atoms with Crippen molar-refractivity contribution in [2.24, 2.45) is 5.92 Å². The van der Waals surface area contributed by atoms with Crippen LogP contribution in [0.4, 0.5) is 0 Å². The number of hydrogen-bond donors (Lipinski definition) is 0. The number of nitriles is 1. The Morgan fingerprint density at radius 2 is 2.17 bits per heavy atom. The van der Waals surface area contributed by atoms with Crippen LogP contribution >= 0.6 is 0 Å². The number of aromatic nitrogens is 1. The van der Waals surface area contributed by atoms with Crippen LogP contribution in [0.5, 0.6) is 5.75 Å². The van der Waals surface area contributed by atoms with E-state index in [1.165, 1.54) is 19.3 Å². The van der Waals surface area contributed by atoms with E-state index >= 15 is 0 Å². The maximum absolute atomic E-state index is 8.70. The van der Waals surface area contributed by atoms with Crippen LogP contribution in [0.25, 0.3) is 0 Å². The molecule has 96 valence electrons. The molecule has 1 aromatic rings. The Morgan fingerprint density at radius 3 is 2.83 bits per heavy atom. The van der Waals surface area contributed by atoms with Crippen molar-refractivity contribution in [3.63, 3.8) is 0 Å². The van der Waals surface area contributed by atoms with Gasteiger partial charge in [0.25, 0.3) is 0 Å². The van der Waals surface area contributed by atoms with Crippen molar-refractivity contribution in [1.29, 1.82) is 5.26 Å². The Hall–Kier alpha value is -1.60. The molecule has 1 aliphatic carbocycles. The van der Waals surface area contributed by atoms with Gasteiger partial charge < -0.3 is 9.47 Å². The molecule has 1 saturated carbocycles. The van der Waals surface area contributed by atoms with Crippen LogP contribution < -0.4 is 4.74 Å². The Balaban J connectivity index is 1.64. The third-order valence-electron chi connectivity index (χ3n) is 3.00. The largest absolute Gasteiger partial charge is 0.489 e. The van der Waals surface area contributed by atoms with E-state index in [1.807, 2.05) is 13.0 Å². The number of aryl methyl sites for hydroxylation is 1. The second-order valence-electron chi connectivity index (χ2n) is 4.58. The van der Waals surface area contributed by atoms with Crippen molar-refractivity contribution in [2.75, 3.05) is 19.8 Å². The van der Waals surface area contributed by atoms with Crippen LogP contribution in [-0.4, -0.2) is 24.8 Å². The van der Waals surface area contributed by atoms with E-state index in [-0.39, 0.29) is 0 Å². The van der Waals surface area contributed by atoms with Gasteiger partial charge in [-0.2, -0.15) is 5.26 Å². The monoisotopic (exact) mass is 246 g/mol. The second kappa shape index (κ2) is 6.36. The van der Waals surface area contributed by atoms with Gasteiger partial charge in [0.1, 0.15) is 24.1 Å². The minimum atomic E-state index is 0.417. The van der Waals surface area contributed by atoms with Crippen LogP contribution in [0.1, 0.15) is 30.7 Å². The Kier molecular flexibility index (Phi) is 4.54. The quantitative estimate of drug-likeness (QED) is 0.693. The lowest BCUT2D eigenvalue weighted by molar-refractivity contribution is 0.0955. The van der Waals surface area contributed by atoms with Gasteiger partial charge in [0.05, 0.1) is 12.3 Å². The summed E-state index contributed by atoms with van der Waals surface area (Å²) in [5, 5.41) is 8.70. The van der Waals surface area contributed by atoms with Crippen molar-refractivity contribution in [1.82, 2.24) is 4.98 Å². The molecule has 0 radical (unpaired) electrons. The van der Waals surface area contributed by atoms with E-state index < -0.39 is 0 Å². The molecular weight excluding hydrogens is 228 g/mol. The first-order chi connectivity index (χ1) is 8.79. The molecule has 18 heavy (non-hydrogen) atoms. The van der Waals surface area contributed by atoms with Gasteiger partial charge in [0.15, 0.2) is 0 Å². The molecule has 1 heterocycles. The second-order valence-corrected chi connectivity index (χ2v) is 4.58. The fraction of sp³-hybridized carbons (Fsp3) is 0.571. The van der Waals surface area contributed by atoms with Crippen LogP contribution in [-0.2, 0) is 4.74 Å². The zero-order valence-electron chi connectivity index (χ0n) is 10.7. The third kappa shape index (κ3) is 4.01. The number of nitrogens with zero attached hydrogens (tertiary/aromatic N) is 2. The first-order valence-corrected chi connectivity index (χ1v) is 6.38. The molecule has 0 aliphatic heterocycles. The van der Waals surface area contributed by atoms with Crippen molar-refractivity contribution in [2.45, 2.75) is 26.2 Å².